The van der Waals surface area contributed by atoms with Crippen molar-refractivity contribution in [2.24, 2.45) is 0 Å². The number of rotatable bonds is 10. The van der Waals surface area contributed by atoms with E-state index in [0.29, 0.717) is 42.6 Å². The maximum Gasteiger partial charge on any atom is 0.573 e. The van der Waals surface area contributed by atoms with E-state index < -0.39 is 36.6 Å². The zero-order valence-corrected chi connectivity index (χ0v) is 21.1. The lowest BCUT2D eigenvalue weighted by atomic mass is 10.1. The van der Waals surface area contributed by atoms with Gasteiger partial charge in [-0.25, -0.2) is 9.69 Å². The first kappa shape index (κ1) is 28.7. The van der Waals surface area contributed by atoms with E-state index in [-0.39, 0.29) is 12.3 Å². The summed E-state index contributed by atoms with van der Waals surface area (Å²) in [5.74, 6) is -0.336. The van der Waals surface area contributed by atoms with Crippen molar-refractivity contribution in [3.05, 3.63) is 65.2 Å². The van der Waals surface area contributed by atoms with E-state index in [2.05, 4.69) is 15.4 Å². The van der Waals surface area contributed by atoms with Gasteiger partial charge in [0, 0.05) is 30.3 Å². The number of fused-ring (bicyclic) bond motifs is 1. The van der Waals surface area contributed by atoms with E-state index in [1.807, 2.05) is 0 Å². The maximum absolute atomic E-state index is 12.6. The normalized spacial score (nSPS) is 18.8. The van der Waals surface area contributed by atoms with Gasteiger partial charge in [-0.15, -0.1) is 13.2 Å². The van der Waals surface area contributed by atoms with Gasteiger partial charge in [0.2, 0.25) is 0 Å². The number of nitrogens with one attached hydrogen (secondary N) is 2. The average molecular weight is 526 g/mol. The van der Waals surface area contributed by atoms with Crippen molar-refractivity contribution in [3.8, 4) is 5.75 Å². The lowest BCUT2D eigenvalue weighted by Crippen LogP contribution is -2.37. The Bertz CT molecular complexity index is 998. The number of halogens is 3. The Hall–Kier alpha value is -2.86. The number of hydrogen-bond donors (Lipinski definition) is 4. The fraction of sp³-hybridized carbons (Fsp3) is 0.500. The van der Waals surface area contributed by atoms with Crippen LogP contribution in [0.15, 0.2) is 48.5 Å². The molecule has 1 heterocycles. The minimum absolute atomic E-state index is 0.187. The van der Waals surface area contributed by atoms with Crippen LogP contribution >= 0.6 is 0 Å². The molecule has 0 saturated carbocycles. The molecule has 1 amide bonds. The molecule has 2 aromatic rings. The number of alkyl carbamates (subject to hydrolysis) is 1. The molecule has 3 rings (SSSR count). The van der Waals surface area contributed by atoms with E-state index in [9.17, 15) is 28.2 Å². The first-order valence-corrected chi connectivity index (χ1v) is 12.1. The van der Waals surface area contributed by atoms with Crippen LogP contribution in [-0.4, -0.2) is 52.8 Å². The molecule has 3 unspecified atom stereocenters. The van der Waals surface area contributed by atoms with Crippen molar-refractivity contribution in [3.63, 3.8) is 0 Å². The van der Waals surface area contributed by atoms with Gasteiger partial charge in [-0.1, -0.05) is 36.4 Å². The van der Waals surface area contributed by atoms with Crippen LogP contribution in [-0.2, 0) is 4.74 Å². The molecule has 0 radical (unpaired) electrons. The van der Waals surface area contributed by atoms with Gasteiger partial charge in [0.05, 0.1) is 0 Å². The number of aliphatic hydroxyl groups is 2. The minimum atomic E-state index is -4.79. The molecule has 0 spiro atoms. The highest BCUT2D eigenvalue weighted by Crippen LogP contribution is 2.40. The van der Waals surface area contributed by atoms with Gasteiger partial charge in [-0.05, 0) is 57.9 Å². The number of alkyl halides is 3. The summed E-state index contributed by atoms with van der Waals surface area (Å²) in [5, 5.41) is 27.6. The summed E-state index contributed by atoms with van der Waals surface area (Å²) in [7, 11) is 0. The molecule has 0 bridgehead atoms. The van der Waals surface area contributed by atoms with Crippen LogP contribution in [0, 0.1) is 0 Å². The van der Waals surface area contributed by atoms with Gasteiger partial charge in [0.15, 0.2) is 0 Å². The predicted octanol–water partition coefficient (Wildman–Crippen LogP) is 4.52. The molecule has 0 saturated heterocycles. The van der Waals surface area contributed by atoms with Crippen molar-refractivity contribution in [2.45, 2.75) is 64.1 Å². The van der Waals surface area contributed by atoms with Crippen LogP contribution in [0.5, 0.6) is 5.75 Å². The molecule has 2 aromatic carbocycles. The summed E-state index contributed by atoms with van der Waals surface area (Å²) in [6.45, 7) is 6.48. The SMILES string of the molecule is CC(C)(C)OC(=O)NCCCCNC(CN1C(O)c2ccccc2C1O)c1ccc(OC(F)(F)F)cc1. The van der Waals surface area contributed by atoms with E-state index in [1.54, 1.807) is 45.0 Å². The topological polar surface area (TPSA) is 103 Å². The highest BCUT2D eigenvalue weighted by Gasteiger charge is 2.37. The molecule has 1 aliphatic rings. The summed E-state index contributed by atoms with van der Waals surface area (Å²) in [5.41, 5.74) is 1.30. The molecule has 204 valence electrons. The van der Waals surface area contributed by atoms with Gasteiger partial charge in [-0.3, -0.25) is 0 Å². The number of aliphatic hydroxyl groups excluding tert-OH is 2. The van der Waals surface area contributed by atoms with Crippen molar-refractivity contribution in [1.82, 2.24) is 15.5 Å². The first-order valence-electron chi connectivity index (χ1n) is 12.1. The minimum Gasteiger partial charge on any atom is -0.444 e. The zero-order valence-electron chi connectivity index (χ0n) is 21.1. The Labute approximate surface area is 214 Å². The number of carbonyl (C=O) groups excluding carboxylic acids is 1. The summed E-state index contributed by atoms with van der Waals surface area (Å²) in [6, 6.07) is 12.1. The smallest absolute Gasteiger partial charge is 0.444 e. The third-order valence-corrected chi connectivity index (χ3v) is 5.75. The summed E-state index contributed by atoms with van der Waals surface area (Å²) >= 11 is 0. The third kappa shape index (κ3) is 8.60. The summed E-state index contributed by atoms with van der Waals surface area (Å²) in [6.07, 6.45) is -5.98. The molecule has 8 nitrogen and oxygen atoms in total. The van der Waals surface area contributed by atoms with Crippen LogP contribution < -0.4 is 15.4 Å². The molecule has 3 atom stereocenters. The van der Waals surface area contributed by atoms with Crippen LogP contribution in [0.2, 0.25) is 0 Å². The van der Waals surface area contributed by atoms with Gasteiger partial charge < -0.3 is 30.3 Å². The second-order valence-electron chi connectivity index (χ2n) is 9.83. The van der Waals surface area contributed by atoms with Gasteiger partial charge in [0.25, 0.3) is 0 Å². The van der Waals surface area contributed by atoms with Gasteiger partial charge in [0.1, 0.15) is 23.8 Å². The quantitative estimate of drug-likeness (QED) is 0.338. The van der Waals surface area contributed by atoms with Crippen molar-refractivity contribution in [2.75, 3.05) is 19.6 Å². The Morgan fingerprint density at radius 3 is 2.08 bits per heavy atom. The van der Waals surface area contributed by atoms with E-state index in [1.165, 1.54) is 29.2 Å². The lowest BCUT2D eigenvalue weighted by Gasteiger charge is -2.30. The van der Waals surface area contributed by atoms with Crippen LogP contribution in [0.4, 0.5) is 18.0 Å². The highest BCUT2D eigenvalue weighted by molar-refractivity contribution is 5.67. The fourth-order valence-corrected chi connectivity index (χ4v) is 4.10. The average Bonchev–Trinajstić information content (AvgIpc) is 3.04. The molecule has 0 aromatic heterocycles. The molecular formula is C26H34F3N3O5. The van der Waals surface area contributed by atoms with Crippen LogP contribution in [0.1, 0.15) is 68.8 Å². The number of ether oxygens (including phenoxy) is 2. The second-order valence-corrected chi connectivity index (χ2v) is 9.83. The Kier molecular flexibility index (Phi) is 9.41. The zero-order chi connectivity index (χ0) is 27.2. The molecule has 1 aliphatic heterocycles. The molecule has 37 heavy (non-hydrogen) atoms. The second kappa shape index (κ2) is 12.1. The molecular weight excluding hydrogens is 491 g/mol. The standard InChI is InChI=1S/C26H34F3N3O5/c1-25(2,3)37-24(35)31-15-7-6-14-30-21(17-10-12-18(13-11-17)36-26(27,28)29)16-32-22(33)19-8-4-5-9-20(19)23(32)34/h4-5,8-13,21-23,30,33-34H,6-7,14-16H2,1-3H3,(H,31,35). The summed E-state index contributed by atoms with van der Waals surface area (Å²) in [4.78, 5) is 13.3. The Morgan fingerprint density at radius 2 is 1.54 bits per heavy atom. The molecule has 0 aliphatic carbocycles. The first-order chi connectivity index (χ1) is 17.3. The number of amides is 1. The van der Waals surface area contributed by atoms with E-state index in [0.717, 1.165) is 0 Å². The van der Waals surface area contributed by atoms with Crippen molar-refractivity contribution in [1.29, 1.82) is 0 Å². The molecule has 11 heteroatoms. The number of benzene rings is 2. The highest BCUT2D eigenvalue weighted by atomic mass is 19.4. The number of nitrogens with zero attached hydrogens (tertiary/aromatic N) is 1. The monoisotopic (exact) mass is 525 g/mol. The van der Waals surface area contributed by atoms with Gasteiger partial charge in [-0.2, -0.15) is 0 Å². The molecule has 4 N–H and O–H groups in total. The number of unbranched alkanes of at least 4 members (excludes halogenated alkanes) is 1. The van der Waals surface area contributed by atoms with Crippen LogP contribution in [0.25, 0.3) is 0 Å². The van der Waals surface area contributed by atoms with Crippen molar-refractivity contribution >= 4 is 6.09 Å². The third-order valence-electron chi connectivity index (χ3n) is 5.75. The Balaban J connectivity index is 1.62. The summed E-state index contributed by atoms with van der Waals surface area (Å²) < 4.78 is 46.8. The van der Waals surface area contributed by atoms with E-state index >= 15 is 0 Å². The number of carbonyl (C=O) groups is 1. The lowest BCUT2D eigenvalue weighted by molar-refractivity contribution is -0.274. The number of hydrogen-bond acceptors (Lipinski definition) is 7. The van der Waals surface area contributed by atoms with Gasteiger partial charge >= 0.3 is 12.5 Å². The largest absolute Gasteiger partial charge is 0.573 e. The van der Waals surface area contributed by atoms with E-state index in [4.69, 9.17) is 4.74 Å². The predicted molar refractivity (Wildman–Crippen MR) is 130 cm³/mol. The van der Waals surface area contributed by atoms with Crippen LogP contribution in [0.3, 0.4) is 0 Å². The molecule has 0 fully saturated rings. The Morgan fingerprint density at radius 1 is 0.973 bits per heavy atom. The van der Waals surface area contributed by atoms with Crippen molar-refractivity contribution < 1.29 is 37.7 Å². The maximum atomic E-state index is 12.6. The fourth-order valence-electron chi connectivity index (χ4n) is 4.10.